The molecule has 3 aliphatic rings. The monoisotopic (exact) mass is 532 g/mol. The normalized spacial score (nSPS) is 21.2. The number of likely N-dealkylation sites (tertiary alicyclic amines) is 1. The number of phenolic OH excluding ortho intramolecular Hbond substituents is 1. The minimum Gasteiger partial charge on any atom is -0.507 e. The Balaban J connectivity index is 1.51. The smallest absolute Gasteiger partial charge is 0.318 e. The van der Waals surface area contributed by atoms with E-state index in [9.17, 15) is 19.6 Å². The number of benzene rings is 1. The van der Waals surface area contributed by atoms with Gasteiger partial charge in [0.1, 0.15) is 24.0 Å². The van der Waals surface area contributed by atoms with E-state index in [0.717, 1.165) is 24.9 Å². The minimum absolute atomic E-state index is 0.109. The van der Waals surface area contributed by atoms with Crippen molar-refractivity contribution in [1.82, 2.24) is 19.8 Å². The number of carbonyl (C=O) groups excluding carboxylic acids is 1. The largest absolute Gasteiger partial charge is 0.507 e. The molecule has 39 heavy (non-hydrogen) atoms. The highest BCUT2D eigenvalue weighted by Crippen LogP contribution is 2.39. The van der Waals surface area contributed by atoms with Gasteiger partial charge in [-0.1, -0.05) is 12.6 Å². The van der Waals surface area contributed by atoms with Gasteiger partial charge in [0.2, 0.25) is 5.91 Å². The van der Waals surface area contributed by atoms with Gasteiger partial charge in [0.15, 0.2) is 0 Å². The Labute approximate surface area is 227 Å². The molecule has 1 aliphatic carbocycles. The molecule has 10 heteroatoms. The summed E-state index contributed by atoms with van der Waals surface area (Å²) in [5, 5.41) is 19.8. The van der Waals surface area contributed by atoms with Crippen LogP contribution in [0.1, 0.15) is 42.5 Å². The number of ether oxygens (including phenoxy) is 1. The number of hydrogen-bond acceptors (Lipinski definition) is 8. The van der Waals surface area contributed by atoms with E-state index < -0.39 is 5.82 Å². The molecule has 0 radical (unpaired) electrons. The first-order valence-corrected chi connectivity index (χ1v) is 13.4. The maximum atomic E-state index is 14.7. The van der Waals surface area contributed by atoms with Crippen molar-refractivity contribution in [3.05, 3.63) is 53.5 Å². The molecule has 0 saturated carbocycles. The molecule has 1 aromatic carbocycles. The summed E-state index contributed by atoms with van der Waals surface area (Å²) in [7, 11) is 2.08. The number of halogens is 1. The van der Waals surface area contributed by atoms with Crippen LogP contribution < -0.4 is 9.64 Å². The first-order valence-electron chi connectivity index (χ1n) is 13.4. The third kappa shape index (κ3) is 5.45. The van der Waals surface area contributed by atoms with Gasteiger partial charge < -0.3 is 24.5 Å². The number of hydrogen-bond donors (Lipinski definition) is 1. The number of piperazine rings is 1. The minimum atomic E-state index is -0.484. The Hall–Kier alpha value is -3.97. The number of nitriles is 1. The number of likely N-dealkylation sites (N-methyl/N-ethyl adjacent to an activating group) is 1. The molecule has 9 nitrogen and oxygen atoms in total. The van der Waals surface area contributed by atoms with Gasteiger partial charge in [-0.3, -0.25) is 4.79 Å². The second-order valence-electron chi connectivity index (χ2n) is 10.3. The average Bonchev–Trinajstić information content (AvgIpc) is 3.35. The van der Waals surface area contributed by atoms with E-state index in [4.69, 9.17) is 14.7 Å². The first-order chi connectivity index (χ1) is 18.9. The number of amides is 1. The van der Waals surface area contributed by atoms with E-state index in [-0.39, 0.29) is 41.7 Å². The van der Waals surface area contributed by atoms with Crippen molar-refractivity contribution in [3.8, 4) is 17.8 Å². The summed E-state index contributed by atoms with van der Waals surface area (Å²) in [6.07, 6.45) is 6.49. The number of allylic oxidation sites excluding steroid dienone is 1. The molecular weight excluding hydrogens is 499 g/mol. The highest BCUT2D eigenvalue weighted by molar-refractivity contribution is 5.88. The zero-order valence-electron chi connectivity index (χ0n) is 22.1. The Morgan fingerprint density at radius 1 is 1.28 bits per heavy atom. The van der Waals surface area contributed by atoms with E-state index in [1.807, 2.05) is 0 Å². The third-order valence-electron chi connectivity index (χ3n) is 7.91. The third-order valence-corrected chi connectivity index (χ3v) is 7.91. The molecular formula is C29H33FN6O3. The Morgan fingerprint density at radius 3 is 2.85 bits per heavy atom. The number of anilines is 1. The molecule has 204 valence electrons. The quantitative estimate of drug-likeness (QED) is 0.541. The number of aromatic hydroxyl groups is 1. The van der Waals surface area contributed by atoms with Crippen LogP contribution >= 0.6 is 0 Å². The van der Waals surface area contributed by atoms with E-state index in [1.165, 1.54) is 24.3 Å². The summed E-state index contributed by atoms with van der Waals surface area (Å²) in [6, 6.07) is 6.70. The number of phenols is 1. The number of carbonyl (C=O) groups is 1. The van der Waals surface area contributed by atoms with Gasteiger partial charge in [0.05, 0.1) is 29.8 Å². The topological polar surface area (TPSA) is 106 Å². The molecule has 1 N–H and O–H groups in total. The number of nitrogens with zero attached hydrogens (tertiary/aromatic N) is 6. The molecule has 2 saturated heterocycles. The highest BCUT2D eigenvalue weighted by atomic mass is 19.1. The van der Waals surface area contributed by atoms with Crippen LogP contribution in [0.3, 0.4) is 0 Å². The molecule has 0 spiro atoms. The summed E-state index contributed by atoms with van der Waals surface area (Å²) < 4.78 is 20.8. The SMILES string of the molecule is C=CC(=O)N1CCN(c2nc(OCC3CCCN3C)nc3c2CCC(c2c(O)cccc2F)=C3)CC1CC#N. The van der Waals surface area contributed by atoms with Crippen LogP contribution in [0.25, 0.3) is 11.6 Å². The molecule has 2 aliphatic heterocycles. The lowest BCUT2D eigenvalue weighted by atomic mass is 9.90. The molecule has 2 unspecified atom stereocenters. The Bertz CT molecular complexity index is 1320. The van der Waals surface area contributed by atoms with Crippen LogP contribution in [-0.2, 0) is 11.2 Å². The van der Waals surface area contributed by atoms with Crippen LogP contribution in [0.15, 0.2) is 30.9 Å². The van der Waals surface area contributed by atoms with Crippen molar-refractivity contribution in [3.63, 3.8) is 0 Å². The van der Waals surface area contributed by atoms with Gasteiger partial charge in [-0.2, -0.15) is 15.2 Å². The molecule has 5 rings (SSSR count). The van der Waals surface area contributed by atoms with Gasteiger partial charge in [-0.15, -0.1) is 0 Å². The fourth-order valence-electron chi connectivity index (χ4n) is 5.77. The molecule has 3 heterocycles. The van der Waals surface area contributed by atoms with Crippen LogP contribution in [-0.4, -0.2) is 82.7 Å². The fourth-order valence-corrected chi connectivity index (χ4v) is 5.77. The van der Waals surface area contributed by atoms with Crippen LogP contribution in [0.4, 0.5) is 10.2 Å². The predicted octanol–water partition coefficient (Wildman–Crippen LogP) is 3.40. The van der Waals surface area contributed by atoms with Gasteiger partial charge in [-0.05, 0) is 69.1 Å². The maximum Gasteiger partial charge on any atom is 0.318 e. The summed E-state index contributed by atoms with van der Waals surface area (Å²) in [4.78, 5) is 28.0. The lowest BCUT2D eigenvalue weighted by Gasteiger charge is -2.41. The molecule has 2 fully saturated rings. The number of rotatable bonds is 7. The van der Waals surface area contributed by atoms with E-state index in [0.29, 0.717) is 56.2 Å². The molecule has 1 amide bonds. The predicted molar refractivity (Wildman–Crippen MR) is 146 cm³/mol. The van der Waals surface area contributed by atoms with Gasteiger partial charge in [0.25, 0.3) is 0 Å². The van der Waals surface area contributed by atoms with Crippen molar-refractivity contribution in [2.75, 3.05) is 44.7 Å². The van der Waals surface area contributed by atoms with Gasteiger partial charge in [-0.25, -0.2) is 4.39 Å². The zero-order chi connectivity index (χ0) is 27.5. The van der Waals surface area contributed by atoms with Crippen molar-refractivity contribution in [1.29, 1.82) is 5.26 Å². The van der Waals surface area contributed by atoms with Gasteiger partial charge >= 0.3 is 6.01 Å². The lowest BCUT2D eigenvalue weighted by molar-refractivity contribution is -0.128. The summed E-state index contributed by atoms with van der Waals surface area (Å²) >= 11 is 0. The number of aromatic nitrogens is 2. The second kappa shape index (κ2) is 11.4. The maximum absolute atomic E-state index is 14.7. The van der Waals surface area contributed by atoms with Crippen molar-refractivity contribution < 1.29 is 19.0 Å². The molecule has 1 aromatic heterocycles. The summed E-state index contributed by atoms with van der Waals surface area (Å²) in [5.74, 6) is -0.0813. The van der Waals surface area contributed by atoms with Crippen LogP contribution in [0.2, 0.25) is 0 Å². The lowest BCUT2D eigenvalue weighted by Crippen LogP contribution is -2.55. The molecule has 2 atom stereocenters. The van der Waals surface area contributed by atoms with Crippen molar-refractivity contribution in [2.45, 2.75) is 44.2 Å². The summed E-state index contributed by atoms with van der Waals surface area (Å²) in [6.45, 7) is 6.48. The second-order valence-corrected chi connectivity index (χ2v) is 10.3. The Kier molecular flexibility index (Phi) is 7.79. The van der Waals surface area contributed by atoms with Crippen LogP contribution in [0.5, 0.6) is 11.8 Å². The zero-order valence-corrected chi connectivity index (χ0v) is 22.1. The molecule has 0 bridgehead atoms. The van der Waals surface area contributed by atoms with E-state index in [1.54, 1.807) is 11.0 Å². The van der Waals surface area contributed by atoms with Crippen LogP contribution in [0, 0.1) is 17.1 Å². The standard InChI is InChI=1S/C29H33FN6O3/c1-3-26(38)36-15-14-35(17-20(36)11-12-31)28-22-10-9-19(27-23(30)7-4-8-25(27)37)16-24(22)32-29(33-28)39-18-21-6-5-13-34(21)2/h3-4,7-8,16,20-21,37H,1,5-6,9-11,13-15,17-18H2,2H3. The van der Waals surface area contributed by atoms with E-state index in [2.05, 4.69) is 29.5 Å². The highest BCUT2D eigenvalue weighted by Gasteiger charge is 2.33. The average molecular weight is 533 g/mol. The number of fused-ring (bicyclic) bond motifs is 1. The molecule has 2 aromatic rings. The Morgan fingerprint density at radius 2 is 2.13 bits per heavy atom. The fraction of sp³-hybridized carbons (Fsp3) is 0.448. The van der Waals surface area contributed by atoms with Crippen molar-refractivity contribution in [2.24, 2.45) is 0 Å². The summed E-state index contributed by atoms with van der Waals surface area (Å²) in [5.41, 5.74) is 2.37. The first kappa shape index (κ1) is 26.6. The van der Waals surface area contributed by atoms with Gasteiger partial charge in [0, 0.05) is 31.2 Å². The van der Waals surface area contributed by atoms with Crippen molar-refractivity contribution >= 4 is 23.4 Å². The van der Waals surface area contributed by atoms with E-state index >= 15 is 0 Å².